The van der Waals surface area contributed by atoms with Gasteiger partial charge < -0.3 is 10.5 Å². The Morgan fingerprint density at radius 1 is 1.47 bits per heavy atom. The number of morpholine rings is 1. The molecule has 2 aliphatic heterocycles. The molecule has 0 bridgehead atoms. The minimum Gasteiger partial charge on any atom is -0.376 e. The number of thioether (sulfide) groups is 1. The molecular weight excluding hydrogens is 232 g/mol. The van der Waals surface area contributed by atoms with Crippen molar-refractivity contribution in [2.45, 2.75) is 38.8 Å². The fraction of sp³-hybridized carbons (Fsp3) is 1.00. The summed E-state index contributed by atoms with van der Waals surface area (Å²) in [6.45, 7) is 10.6. The van der Waals surface area contributed by atoms with Crippen LogP contribution in [-0.2, 0) is 4.74 Å². The Bertz CT molecular complexity index is 272. The Kier molecular flexibility index (Phi) is 4.08. The minimum absolute atomic E-state index is 0.161. The molecule has 100 valence electrons. The fourth-order valence-electron chi connectivity index (χ4n) is 3.19. The zero-order valence-electron chi connectivity index (χ0n) is 11.4. The molecule has 2 atom stereocenters. The first kappa shape index (κ1) is 13.7. The molecule has 0 aromatic heterocycles. The molecule has 2 heterocycles. The number of nitrogens with two attached hydrogens (primary N) is 1. The van der Waals surface area contributed by atoms with E-state index < -0.39 is 0 Å². The van der Waals surface area contributed by atoms with Crippen LogP contribution < -0.4 is 5.73 Å². The molecule has 2 unspecified atom stereocenters. The number of nitrogens with zero attached hydrogens (tertiary/aromatic N) is 1. The molecule has 17 heavy (non-hydrogen) atoms. The van der Waals surface area contributed by atoms with Crippen LogP contribution in [0.15, 0.2) is 0 Å². The minimum atomic E-state index is 0.161. The molecule has 0 amide bonds. The van der Waals surface area contributed by atoms with Gasteiger partial charge in [0.2, 0.25) is 0 Å². The first-order valence-electron chi connectivity index (χ1n) is 6.66. The molecule has 4 heteroatoms. The summed E-state index contributed by atoms with van der Waals surface area (Å²) in [5.41, 5.74) is 6.66. The monoisotopic (exact) mass is 258 g/mol. The Morgan fingerprint density at radius 2 is 2.24 bits per heavy atom. The van der Waals surface area contributed by atoms with Gasteiger partial charge in [0.05, 0.1) is 12.7 Å². The lowest BCUT2D eigenvalue weighted by Gasteiger charge is -2.57. The Balaban J connectivity index is 2.22. The molecule has 0 aliphatic carbocycles. The van der Waals surface area contributed by atoms with Crippen molar-refractivity contribution in [3.63, 3.8) is 0 Å². The smallest absolute Gasteiger partial charge is 0.0674 e. The number of hydrogen-bond acceptors (Lipinski definition) is 4. The average Bonchev–Trinajstić information content (AvgIpc) is 2.29. The van der Waals surface area contributed by atoms with Gasteiger partial charge in [-0.3, -0.25) is 4.90 Å². The summed E-state index contributed by atoms with van der Waals surface area (Å²) in [4.78, 5) is 2.60. The molecule has 0 spiro atoms. The lowest BCUT2D eigenvalue weighted by molar-refractivity contribution is -0.0899. The van der Waals surface area contributed by atoms with Gasteiger partial charge in [-0.05, 0) is 24.5 Å². The maximum absolute atomic E-state index is 6.19. The SMILES string of the molecule is CC1CN(C2(CN)CSCCC2(C)C)CCO1. The van der Waals surface area contributed by atoms with Gasteiger partial charge in [-0.1, -0.05) is 13.8 Å². The summed E-state index contributed by atoms with van der Waals surface area (Å²) in [5, 5.41) is 0. The fourth-order valence-corrected chi connectivity index (χ4v) is 5.02. The Labute approximate surface area is 109 Å². The summed E-state index contributed by atoms with van der Waals surface area (Å²) in [7, 11) is 0. The highest BCUT2D eigenvalue weighted by atomic mass is 32.2. The standard InChI is InChI=1S/C13H26N2OS/c1-11-8-15(5-6-16-11)13(9-14)10-17-7-4-12(13,2)3/h11H,4-10,14H2,1-3H3. The van der Waals surface area contributed by atoms with Crippen LogP contribution in [-0.4, -0.2) is 54.3 Å². The third-order valence-electron chi connectivity index (χ3n) is 4.66. The Morgan fingerprint density at radius 3 is 2.82 bits per heavy atom. The van der Waals surface area contributed by atoms with Gasteiger partial charge >= 0.3 is 0 Å². The highest BCUT2D eigenvalue weighted by Gasteiger charge is 2.50. The second-order valence-corrected chi connectivity index (χ2v) is 7.15. The van der Waals surface area contributed by atoms with Crippen molar-refractivity contribution >= 4 is 11.8 Å². The molecule has 2 rings (SSSR count). The maximum atomic E-state index is 6.19. The van der Waals surface area contributed by atoms with Crippen LogP contribution >= 0.6 is 11.8 Å². The van der Waals surface area contributed by atoms with Crippen molar-refractivity contribution in [1.82, 2.24) is 4.90 Å². The van der Waals surface area contributed by atoms with Crippen LogP contribution in [0.2, 0.25) is 0 Å². The molecule has 0 aromatic carbocycles. The molecule has 0 saturated carbocycles. The van der Waals surface area contributed by atoms with Crippen LogP contribution in [0.25, 0.3) is 0 Å². The highest BCUT2D eigenvalue weighted by Crippen LogP contribution is 2.45. The van der Waals surface area contributed by atoms with Crippen molar-refractivity contribution in [3.8, 4) is 0 Å². The van der Waals surface area contributed by atoms with Crippen molar-refractivity contribution in [2.24, 2.45) is 11.1 Å². The topological polar surface area (TPSA) is 38.5 Å². The first-order chi connectivity index (χ1) is 8.02. The summed E-state index contributed by atoms with van der Waals surface area (Å²) in [6.07, 6.45) is 1.61. The molecule has 2 N–H and O–H groups in total. The third kappa shape index (κ3) is 2.37. The number of rotatable bonds is 2. The van der Waals surface area contributed by atoms with Gasteiger partial charge in [-0.15, -0.1) is 0 Å². The van der Waals surface area contributed by atoms with Crippen molar-refractivity contribution in [2.75, 3.05) is 37.7 Å². The predicted molar refractivity (Wildman–Crippen MR) is 74.5 cm³/mol. The largest absolute Gasteiger partial charge is 0.376 e. The summed E-state index contributed by atoms with van der Waals surface area (Å²) < 4.78 is 5.67. The van der Waals surface area contributed by atoms with Gasteiger partial charge in [0.25, 0.3) is 0 Å². The van der Waals surface area contributed by atoms with Crippen LogP contribution in [0, 0.1) is 5.41 Å². The molecule has 0 aromatic rings. The Hall–Kier alpha value is 0.230. The quantitative estimate of drug-likeness (QED) is 0.816. The van der Waals surface area contributed by atoms with Crippen LogP contribution in [0.5, 0.6) is 0 Å². The van der Waals surface area contributed by atoms with E-state index in [0.29, 0.717) is 11.5 Å². The van der Waals surface area contributed by atoms with E-state index in [1.165, 1.54) is 17.9 Å². The van der Waals surface area contributed by atoms with E-state index in [2.05, 4.69) is 37.4 Å². The van der Waals surface area contributed by atoms with Gasteiger partial charge in [0.15, 0.2) is 0 Å². The lowest BCUT2D eigenvalue weighted by atomic mass is 9.69. The lowest BCUT2D eigenvalue weighted by Crippen LogP contribution is -2.68. The summed E-state index contributed by atoms with van der Waals surface area (Å²) >= 11 is 2.06. The normalized spacial score (nSPS) is 39.2. The van der Waals surface area contributed by atoms with Gasteiger partial charge in [-0.25, -0.2) is 0 Å². The molecule has 0 radical (unpaired) electrons. The predicted octanol–water partition coefficient (Wildman–Crippen LogP) is 1.57. The third-order valence-corrected chi connectivity index (χ3v) is 5.83. The van der Waals surface area contributed by atoms with Crippen molar-refractivity contribution in [1.29, 1.82) is 0 Å². The first-order valence-corrected chi connectivity index (χ1v) is 7.82. The average molecular weight is 258 g/mol. The zero-order chi connectivity index (χ0) is 12.5. The van der Waals surface area contributed by atoms with Gasteiger partial charge in [-0.2, -0.15) is 11.8 Å². The second-order valence-electron chi connectivity index (χ2n) is 6.05. The van der Waals surface area contributed by atoms with E-state index in [9.17, 15) is 0 Å². The van der Waals surface area contributed by atoms with Crippen LogP contribution in [0.4, 0.5) is 0 Å². The summed E-state index contributed by atoms with van der Waals surface area (Å²) in [6, 6.07) is 0. The second kappa shape index (κ2) is 5.08. The number of ether oxygens (including phenoxy) is 1. The molecule has 3 nitrogen and oxygen atoms in total. The van der Waals surface area contributed by atoms with Crippen LogP contribution in [0.3, 0.4) is 0 Å². The van der Waals surface area contributed by atoms with Crippen molar-refractivity contribution < 1.29 is 4.74 Å². The zero-order valence-corrected chi connectivity index (χ0v) is 12.2. The molecule has 2 fully saturated rings. The van der Waals surface area contributed by atoms with E-state index in [0.717, 1.165) is 26.2 Å². The molecule has 2 aliphatic rings. The van der Waals surface area contributed by atoms with E-state index in [-0.39, 0.29) is 5.54 Å². The maximum Gasteiger partial charge on any atom is 0.0674 e. The van der Waals surface area contributed by atoms with Gasteiger partial charge in [0, 0.05) is 30.9 Å². The van der Waals surface area contributed by atoms with E-state index >= 15 is 0 Å². The molecular formula is C13H26N2OS. The van der Waals surface area contributed by atoms with E-state index in [1.807, 2.05) is 0 Å². The highest BCUT2D eigenvalue weighted by molar-refractivity contribution is 7.99. The van der Waals surface area contributed by atoms with E-state index in [4.69, 9.17) is 10.5 Å². The molecule has 2 saturated heterocycles. The van der Waals surface area contributed by atoms with E-state index in [1.54, 1.807) is 0 Å². The summed E-state index contributed by atoms with van der Waals surface area (Å²) in [5.74, 6) is 2.44. The van der Waals surface area contributed by atoms with Crippen LogP contribution in [0.1, 0.15) is 27.2 Å². The van der Waals surface area contributed by atoms with Crippen molar-refractivity contribution in [3.05, 3.63) is 0 Å². The van der Waals surface area contributed by atoms with Gasteiger partial charge in [0.1, 0.15) is 0 Å². The number of hydrogen-bond donors (Lipinski definition) is 1.